The Labute approximate surface area is 169 Å². The van der Waals surface area contributed by atoms with Crippen LogP contribution in [0.5, 0.6) is 0 Å². The highest BCUT2D eigenvalue weighted by molar-refractivity contribution is 5.93. The van der Waals surface area contributed by atoms with E-state index in [4.69, 9.17) is 0 Å². The predicted molar refractivity (Wildman–Crippen MR) is 112 cm³/mol. The number of benzene rings is 2. The molecule has 0 aliphatic carbocycles. The Morgan fingerprint density at radius 3 is 2.66 bits per heavy atom. The van der Waals surface area contributed by atoms with E-state index < -0.39 is 0 Å². The van der Waals surface area contributed by atoms with Gasteiger partial charge < -0.3 is 10.2 Å². The summed E-state index contributed by atoms with van der Waals surface area (Å²) in [6, 6.07) is 14.1. The molecule has 1 amide bonds. The first-order valence-electron chi connectivity index (χ1n) is 9.79. The lowest BCUT2D eigenvalue weighted by Crippen LogP contribution is -2.41. The molecular formula is C23H23FN4O. The third-order valence-corrected chi connectivity index (χ3v) is 5.27. The van der Waals surface area contributed by atoms with Crippen molar-refractivity contribution >= 4 is 17.5 Å². The van der Waals surface area contributed by atoms with Gasteiger partial charge in [-0.25, -0.2) is 14.4 Å². The lowest BCUT2D eigenvalue weighted by Gasteiger charge is -2.32. The van der Waals surface area contributed by atoms with Gasteiger partial charge in [0.1, 0.15) is 5.82 Å². The van der Waals surface area contributed by atoms with Crippen LogP contribution in [0.3, 0.4) is 0 Å². The van der Waals surface area contributed by atoms with E-state index >= 15 is 0 Å². The minimum absolute atomic E-state index is 0.0281. The Bertz CT molecular complexity index is 1010. The number of anilines is 2. The van der Waals surface area contributed by atoms with E-state index in [1.807, 2.05) is 42.2 Å². The van der Waals surface area contributed by atoms with E-state index in [1.165, 1.54) is 12.1 Å². The van der Waals surface area contributed by atoms with Crippen molar-refractivity contribution in [2.75, 3.05) is 23.3 Å². The van der Waals surface area contributed by atoms with Crippen LogP contribution in [0, 0.1) is 18.7 Å². The number of aromatic nitrogens is 2. The van der Waals surface area contributed by atoms with Crippen LogP contribution < -0.4 is 10.2 Å². The second kappa shape index (κ2) is 8.39. The van der Waals surface area contributed by atoms with Gasteiger partial charge in [0.05, 0.1) is 5.92 Å². The molecule has 1 saturated heterocycles. The first-order chi connectivity index (χ1) is 14.1. The van der Waals surface area contributed by atoms with E-state index in [9.17, 15) is 9.18 Å². The Balaban J connectivity index is 1.44. The molecule has 0 radical (unpaired) electrons. The topological polar surface area (TPSA) is 58.1 Å². The first-order valence-corrected chi connectivity index (χ1v) is 9.79. The van der Waals surface area contributed by atoms with Crippen molar-refractivity contribution in [2.45, 2.75) is 19.8 Å². The van der Waals surface area contributed by atoms with Gasteiger partial charge in [0.2, 0.25) is 11.9 Å². The molecule has 0 spiro atoms. The van der Waals surface area contributed by atoms with E-state index in [0.717, 1.165) is 41.8 Å². The van der Waals surface area contributed by atoms with Crippen molar-refractivity contribution in [3.63, 3.8) is 0 Å². The summed E-state index contributed by atoms with van der Waals surface area (Å²) >= 11 is 0. The molecule has 1 fully saturated rings. The molecule has 1 atom stereocenters. The fraction of sp³-hybridized carbons (Fsp3) is 0.261. The molecule has 1 aliphatic rings. The van der Waals surface area contributed by atoms with Crippen molar-refractivity contribution in [3.05, 3.63) is 72.3 Å². The highest BCUT2D eigenvalue weighted by Crippen LogP contribution is 2.24. The molecule has 3 aromatic rings. The summed E-state index contributed by atoms with van der Waals surface area (Å²) < 4.78 is 13.4. The SMILES string of the molecule is Cc1ccccc1NC(=O)C1CCCN(c2ncc(-c3cccc(F)c3)cn2)C1. The fourth-order valence-corrected chi connectivity index (χ4v) is 3.62. The van der Waals surface area contributed by atoms with Gasteiger partial charge in [-0.15, -0.1) is 0 Å². The molecule has 5 nitrogen and oxygen atoms in total. The summed E-state index contributed by atoms with van der Waals surface area (Å²) in [5.74, 6) is 0.221. The number of rotatable bonds is 4. The maximum Gasteiger partial charge on any atom is 0.229 e. The molecule has 2 heterocycles. The summed E-state index contributed by atoms with van der Waals surface area (Å²) in [6.45, 7) is 3.38. The number of hydrogen-bond donors (Lipinski definition) is 1. The van der Waals surface area contributed by atoms with Crippen LogP contribution in [0.4, 0.5) is 16.0 Å². The highest BCUT2D eigenvalue weighted by atomic mass is 19.1. The van der Waals surface area contributed by atoms with Crippen LogP contribution in [0.1, 0.15) is 18.4 Å². The Morgan fingerprint density at radius 1 is 1.10 bits per heavy atom. The molecule has 1 N–H and O–H groups in total. The van der Waals surface area contributed by atoms with Crippen LogP contribution in [-0.4, -0.2) is 29.0 Å². The lowest BCUT2D eigenvalue weighted by atomic mass is 9.97. The van der Waals surface area contributed by atoms with Gasteiger partial charge in [0.25, 0.3) is 0 Å². The normalized spacial score (nSPS) is 16.5. The number of nitrogens with zero attached hydrogens (tertiary/aromatic N) is 3. The largest absolute Gasteiger partial charge is 0.340 e. The monoisotopic (exact) mass is 390 g/mol. The van der Waals surface area contributed by atoms with Crippen molar-refractivity contribution in [1.82, 2.24) is 9.97 Å². The first kappa shape index (κ1) is 19.1. The summed E-state index contributed by atoms with van der Waals surface area (Å²) in [5.41, 5.74) is 3.40. The van der Waals surface area contributed by atoms with E-state index in [0.29, 0.717) is 12.5 Å². The van der Waals surface area contributed by atoms with Crippen LogP contribution in [-0.2, 0) is 4.79 Å². The van der Waals surface area contributed by atoms with Crippen molar-refractivity contribution in [2.24, 2.45) is 5.92 Å². The second-order valence-corrected chi connectivity index (χ2v) is 7.37. The fourth-order valence-electron chi connectivity index (χ4n) is 3.62. The van der Waals surface area contributed by atoms with Crippen molar-refractivity contribution in [3.8, 4) is 11.1 Å². The number of piperidine rings is 1. The van der Waals surface area contributed by atoms with Gasteiger partial charge in [-0.3, -0.25) is 4.79 Å². The summed E-state index contributed by atoms with van der Waals surface area (Å²) in [6.07, 6.45) is 5.15. The number of halogens is 1. The van der Waals surface area contributed by atoms with Crippen LogP contribution in [0.25, 0.3) is 11.1 Å². The number of carbonyl (C=O) groups is 1. The number of para-hydroxylation sites is 1. The van der Waals surface area contributed by atoms with Gasteiger partial charge in [0, 0.05) is 36.7 Å². The molecule has 148 valence electrons. The standard InChI is InChI=1S/C23H23FN4O/c1-16-6-2-3-10-21(16)27-22(29)18-8-5-11-28(15-18)23-25-13-19(14-26-23)17-7-4-9-20(24)12-17/h2-4,6-7,9-10,12-14,18H,5,8,11,15H2,1H3,(H,27,29). The number of carbonyl (C=O) groups excluding carboxylic acids is 1. The molecule has 1 unspecified atom stereocenters. The predicted octanol–water partition coefficient (Wildman–Crippen LogP) is 4.45. The van der Waals surface area contributed by atoms with Crippen molar-refractivity contribution < 1.29 is 9.18 Å². The smallest absolute Gasteiger partial charge is 0.229 e. The van der Waals surface area contributed by atoms with Crippen LogP contribution in [0.2, 0.25) is 0 Å². The van der Waals surface area contributed by atoms with E-state index in [2.05, 4.69) is 15.3 Å². The average Bonchev–Trinajstić information content (AvgIpc) is 2.75. The molecule has 29 heavy (non-hydrogen) atoms. The summed E-state index contributed by atoms with van der Waals surface area (Å²) in [7, 11) is 0. The minimum Gasteiger partial charge on any atom is -0.340 e. The second-order valence-electron chi connectivity index (χ2n) is 7.37. The maximum absolute atomic E-state index is 13.4. The molecule has 4 rings (SSSR count). The van der Waals surface area contributed by atoms with Gasteiger partial charge in [0.15, 0.2) is 0 Å². The van der Waals surface area contributed by atoms with Gasteiger partial charge in [-0.1, -0.05) is 30.3 Å². The average molecular weight is 390 g/mol. The van der Waals surface area contributed by atoms with Gasteiger partial charge in [-0.05, 0) is 49.1 Å². The van der Waals surface area contributed by atoms with E-state index in [-0.39, 0.29) is 17.6 Å². The summed E-state index contributed by atoms with van der Waals surface area (Å²) in [4.78, 5) is 23.7. The molecule has 0 saturated carbocycles. The molecule has 0 bridgehead atoms. The number of hydrogen-bond acceptors (Lipinski definition) is 4. The zero-order valence-corrected chi connectivity index (χ0v) is 16.3. The summed E-state index contributed by atoms with van der Waals surface area (Å²) in [5, 5.41) is 3.05. The Kier molecular flexibility index (Phi) is 5.51. The molecule has 2 aromatic carbocycles. The third kappa shape index (κ3) is 4.42. The quantitative estimate of drug-likeness (QED) is 0.715. The zero-order chi connectivity index (χ0) is 20.2. The third-order valence-electron chi connectivity index (χ3n) is 5.27. The molecule has 1 aliphatic heterocycles. The lowest BCUT2D eigenvalue weighted by molar-refractivity contribution is -0.120. The van der Waals surface area contributed by atoms with Crippen molar-refractivity contribution in [1.29, 1.82) is 0 Å². The maximum atomic E-state index is 13.4. The minimum atomic E-state index is -0.287. The Hall–Kier alpha value is -3.28. The number of amides is 1. The van der Waals surface area contributed by atoms with E-state index in [1.54, 1.807) is 18.5 Å². The zero-order valence-electron chi connectivity index (χ0n) is 16.3. The molecular weight excluding hydrogens is 367 g/mol. The van der Waals surface area contributed by atoms with Crippen LogP contribution in [0.15, 0.2) is 60.9 Å². The molecule has 6 heteroatoms. The van der Waals surface area contributed by atoms with Gasteiger partial charge in [-0.2, -0.15) is 0 Å². The van der Waals surface area contributed by atoms with Gasteiger partial charge >= 0.3 is 0 Å². The number of aryl methyl sites for hydroxylation is 1. The molecule has 1 aromatic heterocycles. The number of nitrogens with one attached hydrogen (secondary N) is 1. The van der Waals surface area contributed by atoms with Crippen LogP contribution >= 0.6 is 0 Å². The Morgan fingerprint density at radius 2 is 1.90 bits per heavy atom. The highest BCUT2D eigenvalue weighted by Gasteiger charge is 2.27.